The zero-order valence-electron chi connectivity index (χ0n) is 19.8. The Labute approximate surface area is 218 Å². The quantitative estimate of drug-likeness (QED) is 0.248. The molecule has 0 aliphatic carbocycles. The van der Waals surface area contributed by atoms with Crippen LogP contribution in [0.15, 0.2) is 55.0 Å². The normalized spacial score (nSPS) is 11.4. The Balaban J connectivity index is 1.57. The highest BCUT2D eigenvalue weighted by molar-refractivity contribution is 6.33. The monoisotopic (exact) mass is 547 g/mol. The van der Waals surface area contributed by atoms with Gasteiger partial charge in [-0.25, -0.2) is 14.3 Å². The van der Waals surface area contributed by atoms with Gasteiger partial charge >= 0.3 is 12.2 Å². The van der Waals surface area contributed by atoms with Crippen LogP contribution in [0.1, 0.15) is 15.9 Å². The van der Waals surface area contributed by atoms with Crippen LogP contribution in [0.5, 0.6) is 0 Å². The van der Waals surface area contributed by atoms with Gasteiger partial charge in [-0.3, -0.25) is 4.79 Å². The molecule has 2 aromatic heterocycles. The van der Waals surface area contributed by atoms with Crippen molar-refractivity contribution in [2.75, 3.05) is 36.6 Å². The molecule has 0 saturated carbocycles. The van der Waals surface area contributed by atoms with Crippen molar-refractivity contribution >= 4 is 46.2 Å². The molecule has 0 saturated heterocycles. The van der Waals surface area contributed by atoms with Gasteiger partial charge in [0.2, 0.25) is 0 Å². The molecule has 198 valence electrons. The summed E-state index contributed by atoms with van der Waals surface area (Å²) in [7, 11) is 1.52. The molecular weight excluding hydrogens is 527 g/mol. The average molecular weight is 548 g/mol. The molecule has 14 heteroatoms. The number of halogens is 4. The third kappa shape index (κ3) is 5.79. The molecule has 5 N–H and O–H groups in total. The first kappa shape index (κ1) is 26.7. The van der Waals surface area contributed by atoms with E-state index >= 15 is 0 Å². The molecule has 4 rings (SSSR count). The Bertz CT molecular complexity index is 1490. The van der Waals surface area contributed by atoms with Crippen molar-refractivity contribution in [3.63, 3.8) is 0 Å². The van der Waals surface area contributed by atoms with Crippen molar-refractivity contribution in [1.82, 2.24) is 19.9 Å². The van der Waals surface area contributed by atoms with Gasteiger partial charge in [0.05, 0.1) is 28.4 Å². The highest BCUT2D eigenvalue weighted by atomic mass is 35.5. The number of nitrogens with zero attached hydrogens (tertiary/aromatic N) is 3. The van der Waals surface area contributed by atoms with Gasteiger partial charge in [-0.2, -0.15) is 18.3 Å². The summed E-state index contributed by atoms with van der Waals surface area (Å²) < 4.78 is 45.4. The second kappa shape index (κ2) is 10.9. The number of methoxy groups -OCH3 is 1. The number of hydrogen-bond donors (Lipinski definition) is 4. The minimum absolute atomic E-state index is 0.0554. The SMILES string of the molecule is COCCNC(=O)c1cn2ncnc(N)c2c1-c1ccc(NC(=O)Nc2cc(C(F)(F)F)ccc2Cl)cc1. The molecule has 0 atom stereocenters. The first-order valence-electron chi connectivity index (χ1n) is 11.0. The lowest BCUT2D eigenvalue weighted by atomic mass is 10.0. The van der Waals surface area contributed by atoms with Crippen LogP contribution in [0.2, 0.25) is 5.02 Å². The summed E-state index contributed by atoms with van der Waals surface area (Å²) in [5.41, 5.74) is 7.03. The molecule has 38 heavy (non-hydrogen) atoms. The third-order valence-corrected chi connectivity index (χ3v) is 5.74. The van der Waals surface area contributed by atoms with Gasteiger partial charge in [-0.1, -0.05) is 23.7 Å². The number of nitrogens with two attached hydrogens (primary N) is 1. The lowest BCUT2D eigenvalue weighted by Crippen LogP contribution is -2.27. The van der Waals surface area contributed by atoms with Crippen LogP contribution in [-0.4, -0.2) is 46.8 Å². The number of amides is 3. The van der Waals surface area contributed by atoms with Gasteiger partial charge in [0.25, 0.3) is 5.91 Å². The van der Waals surface area contributed by atoms with Crippen molar-refractivity contribution in [1.29, 1.82) is 0 Å². The molecule has 0 spiro atoms. The number of fused-ring (bicyclic) bond motifs is 1. The van der Waals surface area contributed by atoms with Crippen LogP contribution in [0, 0.1) is 0 Å². The zero-order chi connectivity index (χ0) is 27.4. The van der Waals surface area contributed by atoms with Crippen LogP contribution >= 0.6 is 11.6 Å². The van der Waals surface area contributed by atoms with Crippen LogP contribution in [-0.2, 0) is 10.9 Å². The summed E-state index contributed by atoms with van der Waals surface area (Å²) in [6.07, 6.45) is -1.80. The van der Waals surface area contributed by atoms with E-state index in [0.29, 0.717) is 34.5 Å². The summed E-state index contributed by atoms with van der Waals surface area (Å²) in [6, 6.07) is 8.20. The summed E-state index contributed by atoms with van der Waals surface area (Å²) in [5, 5.41) is 11.7. The van der Waals surface area contributed by atoms with E-state index in [2.05, 4.69) is 26.0 Å². The van der Waals surface area contributed by atoms with E-state index in [1.807, 2.05) is 0 Å². The first-order valence-corrected chi connectivity index (χ1v) is 11.4. The van der Waals surface area contributed by atoms with Gasteiger partial charge in [0, 0.05) is 31.1 Å². The Hall–Kier alpha value is -4.36. The highest BCUT2D eigenvalue weighted by Gasteiger charge is 2.31. The molecule has 2 aromatic carbocycles. The summed E-state index contributed by atoms with van der Waals surface area (Å²) >= 11 is 5.94. The van der Waals surface area contributed by atoms with Crippen molar-refractivity contribution in [3.05, 3.63) is 71.1 Å². The van der Waals surface area contributed by atoms with Gasteiger partial charge in [-0.15, -0.1) is 0 Å². The molecule has 0 aliphatic rings. The van der Waals surface area contributed by atoms with Gasteiger partial charge in [0.1, 0.15) is 11.8 Å². The maximum Gasteiger partial charge on any atom is 0.416 e. The molecule has 4 aromatic rings. The van der Waals surface area contributed by atoms with Crippen LogP contribution in [0.3, 0.4) is 0 Å². The molecule has 10 nitrogen and oxygen atoms in total. The van der Waals surface area contributed by atoms with Gasteiger partial charge < -0.3 is 26.4 Å². The van der Waals surface area contributed by atoms with Crippen molar-refractivity contribution < 1.29 is 27.5 Å². The number of rotatable bonds is 7. The predicted molar refractivity (Wildman–Crippen MR) is 136 cm³/mol. The smallest absolute Gasteiger partial charge is 0.383 e. The van der Waals surface area contributed by atoms with E-state index in [4.69, 9.17) is 22.1 Å². The second-order valence-corrected chi connectivity index (χ2v) is 8.36. The van der Waals surface area contributed by atoms with Crippen molar-refractivity contribution in [2.45, 2.75) is 6.18 Å². The minimum atomic E-state index is -4.59. The molecule has 0 unspecified atom stereocenters. The number of nitrogen functional groups attached to an aromatic ring is 1. The number of benzene rings is 2. The maximum atomic E-state index is 13.0. The van der Waals surface area contributed by atoms with E-state index in [-0.39, 0.29) is 29.0 Å². The van der Waals surface area contributed by atoms with Crippen LogP contribution < -0.4 is 21.7 Å². The predicted octanol–water partition coefficient (Wildman–Crippen LogP) is 4.67. The molecule has 3 amide bonds. The number of urea groups is 1. The molecule has 0 fully saturated rings. The molecular formula is C24H21ClF3N7O3. The number of ether oxygens (including phenoxy) is 1. The average Bonchev–Trinajstić information content (AvgIpc) is 3.26. The van der Waals surface area contributed by atoms with Crippen molar-refractivity contribution in [3.8, 4) is 11.1 Å². The second-order valence-electron chi connectivity index (χ2n) is 7.95. The van der Waals surface area contributed by atoms with E-state index in [1.165, 1.54) is 24.1 Å². The number of aromatic nitrogens is 3. The molecule has 2 heterocycles. The number of alkyl halides is 3. The summed E-state index contributed by atoms with van der Waals surface area (Å²) in [5.74, 6) is -0.216. The van der Waals surface area contributed by atoms with Crippen LogP contribution in [0.25, 0.3) is 16.6 Å². The van der Waals surface area contributed by atoms with Crippen LogP contribution in [0.4, 0.5) is 35.2 Å². The summed E-state index contributed by atoms with van der Waals surface area (Å²) in [4.78, 5) is 29.3. The Morgan fingerprint density at radius 3 is 2.55 bits per heavy atom. The fourth-order valence-corrected chi connectivity index (χ4v) is 3.83. The van der Waals surface area contributed by atoms with Gasteiger partial charge in [-0.05, 0) is 35.9 Å². The number of nitrogens with one attached hydrogen (secondary N) is 3. The molecule has 0 radical (unpaired) electrons. The van der Waals surface area contributed by atoms with E-state index < -0.39 is 17.8 Å². The Kier molecular flexibility index (Phi) is 7.69. The van der Waals surface area contributed by atoms with E-state index in [9.17, 15) is 22.8 Å². The minimum Gasteiger partial charge on any atom is -0.383 e. The molecule has 0 aliphatic heterocycles. The Morgan fingerprint density at radius 1 is 1.13 bits per heavy atom. The summed E-state index contributed by atoms with van der Waals surface area (Å²) in [6.45, 7) is 0.612. The number of anilines is 3. The van der Waals surface area contributed by atoms with E-state index in [0.717, 1.165) is 18.2 Å². The maximum absolute atomic E-state index is 13.0. The lowest BCUT2D eigenvalue weighted by molar-refractivity contribution is -0.137. The van der Waals surface area contributed by atoms with Gasteiger partial charge in [0.15, 0.2) is 5.82 Å². The lowest BCUT2D eigenvalue weighted by Gasteiger charge is -2.13. The van der Waals surface area contributed by atoms with Crippen molar-refractivity contribution in [2.24, 2.45) is 0 Å². The van der Waals surface area contributed by atoms with E-state index in [1.54, 1.807) is 24.3 Å². The number of hydrogen-bond acceptors (Lipinski definition) is 6. The number of carbonyl (C=O) groups is 2. The highest BCUT2D eigenvalue weighted by Crippen LogP contribution is 2.35. The number of carbonyl (C=O) groups excluding carboxylic acids is 2. The largest absolute Gasteiger partial charge is 0.416 e. The third-order valence-electron chi connectivity index (χ3n) is 5.41. The fourth-order valence-electron chi connectivity index (χ4n) is 3.66. The topological polar surface area (TPSA) is 136 Å². The first-order chi connectivity index (χ1) is 18.1. The standard InChI is InChI=1S/C24H21ClF3N7O3/c1-38-9-8-30-22(36)16-11-35-20(21(29)31-12-32-35)19(16)13-2-5-15(6-3-13)33-23(37)34-18-10-14(24(26,27)28)4-7-17(18)25/h2-7,10-12H,8-9H2,1H3,(H,30,36)(H2,29,31,32)(H2,33,34,37). The zero-order valence-corrected chi connectivity index (χ0v) is 20.5. The molecule has 0 bridgehead atoms. The Morgan fingerprint density at radius 2 is 1.87 bits per heavy atom. The fraction of sp³-hybridized carbons (Fsp3) is 0.167.